The molecule has 0 unspecified atom stereocenters. The minimum Gasteiger partial charge on any atom is -0.345 e. The second-order valence-corrected chi connectivity index (χ2v) is 11.8. The van der Waals surface area contributed by atoms with E-state index in [2.05, 4.69) is 9.62 Å². The van der Waals surface area contributed by atoms with Crippen molar-refractivity contribution in [3.63, 3.8) is 0 Å². The van der Waals surface area contributed by atoms with Crippen molar-refractivity contribution in [3.8, 4) is 0 Å². The Bertz CT molecular complexity index is 1500. The zero-order chi connectivity index (χ0) is 25.4. The molecule has 36 heavy (non-hydrogen) atoms. The molecular weight excluding hydrogens is 516 g/mol. The summed E-state index contributed by atoms with van der Waals surface area (Å²) in [7, 11) is -3.83. The minimum atomic E-state index is -3.83. The minimum absolute atomic E-state index is 0.148. The Morgan fingerprint density at radius 1 is 0.972 bits per heavy atom. The van der Waals surface area contributed by atoms with Crippen molar-refractivity contribution in [2.45, 2.75) is 18.7 Å². The van der Waals surface area contributed by atoms with Crippen LogP contribution in [-0.2, 0) is 10.0 Å². The highest BCUT2D eigenvalue weighted by Gasteiger charge is 2.27. The van der Waals surface area contributed by atoms with Crippen molar-refractivity contribution in [2.75, 3.05) is 35.8 Å². The van der Waals surface area contributed by atoms with E-state index < -0.39 is 10.0 Å². The Balaban J connectivity index is 1.31. The summed E-state index contributed by atoms with van der Waals surface area (Å²) in [5.74, 6) is -0.208. The number of thiazole rings is 1. The molecule has 4 aromatic rings. The van der Waals surface area contributed by atoms with E-state index in [4.69, 9.17) is 16.6 Å². The van der Waals surface area contributed by atoms with Crippen LogP contribution in [0.4, 0.5) is 10.8 Å². The zero-order valence-electron chi connectivity index (χ0n) is 19.9. The standard InChI is InChI=1S/C26H25ClN4O3S2/c1-17-7-10-19(11-8-17)36(33,34)29-22-6-4-3-5-20(22)25(32)30-13-15-31(16-14-30)26-28-23-18(2)9-12-21(27)24(23)35-26/h3-12,29H,13-16H2,1-2H3. The number of piperazine rings is 1. The molecule has 3 aromatic carbocycles. The van der Waals surface area contributed by atoms with E-state index in [0.29, 0.717) is 36.8 Å². The number of para-hydroxylation sites is 1. The normalized spacial score (nSPS) is 14.3. The third kappa shape index (κ3) is 4.78. The van der Waals surface area contributed by atoms with Gasteiger partial charge >= 0.3 is 0 Å². The summed E-state index contributed by atoms with van der Waals surface area (Å²) in [4.78, 5) is 22.3. The zero-order valence-corrected chi connectivity index (χ0v) is 22.3. The number of benzene rings is 3. The number of carbonyl (C=O) groups is 1. The lowest BCUT2D eigenvalue weighted by atomic mass is 10.1. The average Bonchev–Trinajstić information content (AvgIpc) is 3.33. The van der Waals surface area contributed by atoms with Gasteiger partial charge in [0, 0.05) is 26.2 Å². The van der Waals surface area contributed by atoms with Gasteiger partial charge in [-0.15, -0.1) is 0 Å². The number of aromatic nitrogens is 1. The first-order chi connectivity index (χ1) is 17.2. The smallest absolute Gasteiger partial charge is 0.261 e. The van der Waals surface area contributed by atoms with Crippen LogP contribution in [0.2, 0.25) is 5.02 Å². The predicted molar refractivity (Wildman–Crippen MR) is 146 cm³/mol. The number of amides is 1. The van der Waals surface area contributed by atoms with Crippen molar-refractivity contribution < 1.29 is 13.2 Å². The summed E-state index contributed by atoms with van der Waals surface area (Å²) >= 11 is 7.93. The van der Waals surface area contributed by atoms with Crippen LogP contribution >= 0.6 is 22.9 Å². The summed E-state index contributed by atoms with van der Waals surface area (Å²) in [6.45, 7) is 6.16. The Morgan fingerprint density at radius 3 is 2.36 bits per heavy atom. The van der Waals surface area contributed by atoms with Gasteiger partial charge in [-0.05, 0) is 49.7 Å². The van der Waals surface area contributed by atoms with Crippen LogP contribution in [0.15, 0.2) is 65.6 Å². The Labute approximate surface area is 219 Å². The average molecular weight is 541 g/mol. The second-order valence-electron chi connectivity index (χ2n) is 8.78. The molecule has 1 aromatic heterocycles. The monoisotopic (exact) mass is 540 g/mol. The molecule has 7 nitrogen and oxygen atoms in total. The number of fused-ring (bicyclic) bond motifs is 1. The van der Waals surface area contributed by atoms with Crippen LogP contribution in [0.3, 0.4) is 0 Å². The number of aryl methyl sites for hydroxylation is 2. The molecule has 1 saturated heterocycles. The highest BCUT2D eigenvalue weighted by atomic mass is 35.5. The predicted octanol–water partition coefficient (Wildman–Crippen LogP) is 5.33. The maximum atomic E-state index is 13.4. The van der Waals surface area contributed by atoms with Crippen molar-refractivity contribution in [3.05, 3.63) is 82.4 Å². The highest BCUT2D eigenvalue weighted by Crippen LogP contribution is 2.36. The Hall–Kier alpha value is -3.14. The fourth-order valence-electron chi connectivity index (χ4n) is 4.18. The van der Waals surface area contributed by atoms with E-state index in [-0.39, 0.29) is 16.5 Å². The SMILES string of the molecule is Cc1ccc(S(=O)(=O)Nc2ccccc2C(=O)N2CCN(c3nc4c(C)ccc(Cl)c4s3)CC2)cc1. The first kappa shape index (κ1) is 24.5. The first-order valence-electron chi connectivity index (χ1n) is 11.5. The van der Waals surface area contributed by atoms with Gasteiger partial charge in [0.05, 0.1) is 31.4 Å². The largest absolute Gasteiger partial charge is 0.345 e. The van der Waals surface area contributed by atoms with Crippen molar-refractivity contribution >= 4 is 59.9 Å². The number of hydrogen-bond acceptors (Lipinski definition) is 6. The van der Waals surface area contributed by atoms with Gasteiger partial charge in [0.2, 0.25) is 0 Å². The quantitative estimate of drug-likeness (QED) is 0.370. The molecule has 1 aliphatic heterocycles. The van der Waals surface area contributed by atoms with Crippen LogP contribution in [-0.4, -0.2) is 50.4 Å². The van der Waals surface area contributed by atoms with Crippen LogP contribution in [0, 0.1) is 13.8 Å². The third-order valence-corrected chi connectivity index (χ3v) is 9.21. The number of sulfonamides is 1. The van der Waals surface area contributed by atoms with Gasteiger partial charge in [-0.3, -0.25) is 9.52 Å². The van der Waals surface area contributed by atoms with E-state index in [0.717, 1.165) is 26.5 Å². The lowest BCUT2D eigenvalue weighted by Gasteiger charge is -2.34. The van der Waals surface area contributed by atoms with E-state index in [9.17, 15) is 13.2 Å². The first-order valence-corrected chi connectivity index (χ1v) is 14.2. The van der Waals surface area contributed by atoms with Crippen LogP contribution < -0.4 is 9.62 Å². The van der Waals surface area contributed by atoms with Gasteiger partial charge in [0.15, 0.2) is 5.13 Å². The molecule has 2 heterocycles. The van der Waals surface area contributed by atoms with Gasteiger partial charge < -0.3 is 9.80 Å². The number of nitrogens with one attached hydrogen (secondary N) is 1. The van der Waals surface area contributed by atoms with Crippen molar-refractivity contribution in [1.29, 1.82) is 0 Å². The number of nitrogens with zero attached hydrogens (tertiary/aromatic N) is 3. The third-order valence-electron chi connectivity index (χ3n) is 6.26. The topological polar surface area (TPSA) is 82.6 Å². The molecule has 0 atom stereocenters. The van der Waals surface area contributed by atoms with E-state index in [1.807, 2.05) is 26.0 Å². The van der Waals surface area contributed by atoms with E-state index in [1.54, 1.807) is 64.8 Å². The Kier molecular flexibility index (Phi) is 6.63. The summed E-state index contributed by atoms with van der Waals surface area (Å²) in [5.41, 5.74) is 3.55. The second kappa shape index (κ2) is 9.72. The van der Waals surface area contributed by atoms with E-state index in [1.165, 1.54) is 0 Å². The molecule has 0 radical (unpaired) electrons. The molecule has 1 fully saturated rings. The molecule has 0 saturated carbocycles. The van der Waals surface area contributed by atoms with E-state index >= 15 is 0 Å². The number of hydrogen-bond donors (Lipinski definition) is 1. The molecule has 0 spiro atoms. The molecule has 1 N–H and O–H groups in total. The maximum absolute atomic E-state index is 13.4. The molecule has 186 valence electrons. The maximum Gasteiger partial charge on any atom is 0.261 e. The summed E-state index contributed by atoms with van der Waals surface area (Å²) < 4.78 is 29.4. The summed E-state index contributed by atoms with van der Waals surface area (Å²) in [5, 5.41) is 1.58. The van der Waals surface area contributed by atoms with Crippen LogP contribution in [0.5, 0.6) is 0 Å². The van der Waals surface area contributed by atoms with Gasteiger partial charge in [-0.1, -0.05) is 58.8 Å². The number of rotatable bonds is 5. The van der Waals surface area contributed by atoms with Gasteiger partial charge in [-0.25, -0.2) is 13.4 Å². The highest BCUT2D eigenvalue weighted by molar-refractivity contribution is 7.92. The number of anilines is 2. The van der Waals surface area contributed by atoms with Crippen LogP contribution in [0.1, 0.15) is 21.5 Å². The lowest BCUT2D eigenvalue weighted by molar-refractivity contribution is 0.0748. The molecule has 10 heteroatoms. The fourth-order valence-corrected chi connectivity index (χ4v) is 6.62. The molecule has 0 aliphatic carbocycles. The van der Waals surface area contributed by atoms with Crippen molar-refractivity contribution in [2.24, 2.45) is 0 Å². The molecule has 5 rings (SSSR count). The molecule has 1 amide bonds. The molecular formula is C26H25ClN4O3S2. The molecule has 0 bridgehead atoms. The van der Waals surface area contributed by atoms with Gasteiger partial charge in [0.1, 0.15) is 0 Å². The summed E-state index contributed by atoms with van der Waals surface area (Å²) in [6.07, 6.45) is 0. The molecule has 1 aliphatic rings. The van der Waals surface area contributed by atoms with Gasteiger partial charge in [-0.2, -0.15) is 0 Å². The number of carbonyl (C=O) groups excluding carboxylic acids is 1. The van der Waals surface area contributed by atoms with Gasteiger partial charge in [0.25, 0.3) is 15.9 Å². The van der Waals surface area contributed by atoms with Crippen LogP contribution in [0.25, 0.3) is 10.2 Å². The van der Waals surface area contributed by atoms with Crippen molar-refractivity contribution in [1.82, 2.24) is 9.88 Å². The lowest BCUT2D eigenvalue weighted by Crippen LogP contribution is -2.48. The fraction of sp³-hybridized carbons (Fsp3) is 0.231. The summed E-state index contributed by atoms with van der Waals surface area (Å²) in [6, 6.07) is 17.2. The number of halogens is 1. The Morgan fingerprint density at radius 2 is 1.67 bits per heavy atom.